The van der Waals surface area contributed by atoms with E-state index in [1.54, 1.807) is 0 Å². The molecule has 0 aromatic rings. The molecule has 1 saturated heterocycles. The number of halogens is 1. The molecule has 0 aromatic carbocycles. The van der Waals surface area contributed by atoms with Gasteiger partial charge in [-0.3, -0.25) is 0 Å². The molecule has 1 aliphatic heterocycles. The van der Waals surface area contributed by atoms with Crippen molar-refractivity contribution in [3.05, 3.63) is 5.21 Å². The number of hydroxylamine groups is 2. The van der Waals surface area contributed by atoms with E-state index in [2.05, 4.69) is 15.9 Å². The molecule has 1 fully saturated rings. The van der Waals surface area contributed by atoms with Crippen LogP contribution in [0, 0.1) is 5.21 Å². The second-order valence-corrected chi connectivity index (χ2v) is 6.40. The van der Waals surface area contributed by atoms with Crippen molar-refractivity contribution in [1.82, 2.24) is 0 Å². The van der Waals surface area contributed by atoms with Crippen molar-refractivity contribution < 1.29 is 5.06 Å². The van der Waals surface area contributed by atoms with E-state index in [-0.39, 0.29) is 11.1 Å². The van der Waals surface area contributed by atoms with Gasteiger partial charge in [-0.05, 0) is 27.7 Å². The SMILES string of the molecule is CC1(C)CC(Br)CC(C)(C)[NH+]1[O-]. The summed E-state index contributed by atoms with van der Waals surface area (Å²) in [6, 6.07) is 0. The Morgan fingerprint density at radius 3 is 1.83 bits per heavy atom. The second-order valence-electron chi connectivity index (χ2n) is 5.10. The van der Waals surface area contributed by atoms with E-state index in [0.717, 1.165) is 12.8 Å². The standard InChI is InChI=1S/C9H18BrNO/c1-8(2)5-7(10)6-9(3,4)11(8)12/h7,11H,5-6H2,1-4H3. The molecule has 0 atom stereocenters. The quantitative estimate of drug-likeness (QED) is 0.500. The van der Waals surface area contributed by atoms with Crippen molar-refractivity contribution in [3.63, 3.8) is 0 Å². The van der Waals surface area contributed by atoms with Gasteiger partial charge in [0.1, 0.15) is 0 Å². The largest absolute Gasteiger partial charge is 0.634 e. The minimum atomic E-state index is -0.143. The van der Waals surface area contributed by atoms with Gasteiger partial charge in [0.15, 0.2) is 0 Å². The van der Waals surface area contributed by atoms with Crippen LogP contribution in [0.3, 0.4) is 0 Å². The van der Waals surface area contributed by atoms with Crippen molar-refractivity contribution in [1.29, 1.82) is 0 Å². The molecule has 72 valence electrons. The maximum Gasteiger partial charge on any atom is 0.0931 e. The van der Waals surface area contributed by atoms with Gasteiger partial charge in [0.25, 0.3) is 0 Å². The maximum absolute atomic E-state index is 11.9. The summed E-state index contributed by atoms with van der Waals surface area (Å²) in [6.07, 6.45) is 1.94. The van der Waals surface area contributed by atoms with E-state index in [9.17, 15) is 5.21 Å². The molecule has 0 aliphatic carbocycles. The van der Waals surface area contributed by atoms with Gasteiger partial charge in [-0.15, -0.1) is 0 Å². The molecular formula is C9H18BrNO. The van der Waals surface area contributed by atoms with E-state index in [1.165, 1.54) is 0 Å². The molecule has 0 saturated carbocycles. The monoisotopic (exact) mass is 235 g/mol. The lowest BCUT2D eigenvalue weighted by Crippen LogP contribution is -3.23. The van der Waals surface area contributed by atoms with Crippen LogP contribution in [0.25, 0.3) is 0 Å². The Labute approximate surface area is 83.0 Å². The first kappa shape index (κ1) is 10.5. The summed E-state index contributed by atoms with van der Waals surface area (Å²) in [7, 11) is 0. The first-order chi connectivity index (χ1) is 5.26. The van der Waals surface area contributed by atoms with E-state index >= 15 is 0 Å². The summed E-state index contributed by atoms with van der Waals surface area (Å²) < 4.78 is 0. The Kier molecular flexibility index (Phi) is 2.59. The van der Waals surface area contributed by atoms with E-state index in [1.807, 2.05) is 27.7 Å². The summed E-state index contributed by atoms with van der Waals surface area (Å²) in [4.78, 5) is 0.500. The van der Waals surface area contributed by atoms with E-state index < -0.39 is 0 Å². The van der Waals surface area contributed by atoms with Gasteiger partial charge in [0.05, 0.1) is 11.1 Å². The molecule has 12 heavy (non-hydrogen) atoms. The average molecular weight is 236 g/mol. The highest BCUT2D eigenvalue weighted by atomic mass is 79.9. The van der Waals surface area contributed by atoms with Gasteiger partial charge in [-0.25, -0.2) is 0 Å². The van der Waals surface area contributed by atoms with Gasteiger partial charge < -0.3 is 10.3 Å². The summed E-state index contributed by atoms with van der Waals surface area (Å²) in [5, 5.41) is 12.3. The Morgan fingerprint density at radius 1 is 1.17 bits per heavy atom. The Bertz CT molecular complexity index is 161. The lowest BCUT2D eigenvalue weighted by Gasteiger charge is -2.53. The van der Waals surface area contributed by atoms with Crippen molar-refractivity contribution >= 4 is 15.9 Å². The minimum absolute atomic E-state index is 0.143. The van der Waals surface area contributed by atoms with Crippen molar-refractivity contribution in [2.75, 3.05) is 0 Å². The third-order valence-electron chi connectivity index (χ3n) is 2.69. The van der Waals surface area contributed by atoms with E-state index in [4.69, 9.17) is 0 Å². The van der Waals surface area contributed by atoms with Gasteiger partial charge in [0.2, 0.25) is 0 Å². The zero-order valence-corrected chi connectivity index (χ0v) is 9.86. The lowest BCUT2D eigenvalue weighted by molar-refractivity contribution is -0.954. The highest BCUT2D eigenvalue weighted by Crippen LogP contribution is 2.28. The van der Waals surface area contributed by atoms with Crippen molar-refractivity contribution in [2.45, 2.75) is 56.4 Å². The fourth-order valence-corrected chi connectivity index (χ4v) is 3.90. The Morgan fingerprint density at radius 2 is 1.50 bits per heavy atom. The van der Waals surface area contributed by atoms with Crippen LogP contribution in [0.4, 0.5) is 0 Å². The van der Waals surface area contributed by atoms with Crippen LogP contribution in [-0.2, 0) is 0 Å². The van der Waals surface area contributed by atoms with Gasteiger partial charge in [-0.1, -0.05) is 15.9 Å². The summed E-state index contributed by atoms with van der Waals surface area (Å²) in [5.74, 6) is 0. The van der Waals surface area contributed by atoms with Crippen molar-refractivity contribution in [3.8, 4) is 0 Å². The minimum Gasteiger partial charge on any atom is -0.634 e. The third kappa shape index (κ3) is 1.83. The zero-order chi connectivity index (χ0) is 9.57. The Hall–Kier alpha value is 0.400. The predicted octanol–water partition coefficient (Wildman–Crippen LogP) is 1.48. The molecule has 0 radical (unpaired) electrons. The number of nitrogens with one attached hydrogen (secondary N) is 1. The summed E-state index contributed by atoms with van der Waals surface area (Å²) >= 11 is 3.61. The third-order valence-corrected chi connectivity index (χ3v) is 3.34. The van der Waals surface area contributed by atoms with Crippen LogP contribution in [0.15, 0.2) is 0 Å². The molecular weight excluding hydrogens is 218 g/mol. The fraction of sp³-hybridized carbons (Fsp3) is 1.00. The second kappa shape index (κ2) is 2.96. The number of hydrogen-bond acceptors (Lipinski definition) is 1. The molecule has 0 amide bonds. The first-order valence-electron chi connectivity index (χ1n) is 4.45. The topological polar surface area (TPSA) is 27.5 Å². The zero-order valence-electron chi connectivity index (χ0n) is 8.28. The van der Waals surface area contributed by atoms with Crippen LogP contribution in [0.5, 0.6) is 0 Å². The number of piperidine rings is 1. The predicted molar refractivity (Wildman–Crippen MR) is 54.4 cm³/mol. The number of quaternary nitrogens is 1. The smallest absolute Gasteiger partial charge is 0.0931 e. The molecule has 1 aliphatic rings. The lowest BCUT2D eigenvalue weighted by atomic mass is 9.82. The number of alkyl halides is 1. The van der Waals surface area contributed by atoms with Crippen LogP contribution in [0.2, 0.25) is 0 Å². The molecule has 0 aromatic heterocycles. The fourth-order valence-electron chi connectivity index (χ4n) is 2.28. The van der Waals surface area contributed by atoms with Crippen LogP contribution in [-0.4, -0.2) is 15.9 Å². The van der Waals surface area contributed by atoms with Crippen LogP contribution in [0.1, 0.15) is 40.5 Å². The Balaban J connectivity index is 2.84. The van der Waals surface area contributed by atoms with E-state index in [0.29, 0.717) is 9.89 Å². The number of rotatable bonds is 0. The molecule has 2 nitrogen and oxygen atoms in total. The number of hydrogen-bond donors (Lipinski definition) is 1. The highest BCUT2D eigenvalue weighted by molar-refractivity contribution is 9.09. The molecule has 0 bridgehead atoms. The van der Waals surface area contributed by atoms with Gasteiger partial charge >= 0.3 is 0 Å². The normalized spacial score (nSPS) is 39.5. The first-order valence-corrected chi connectivity index (χ1v) is 5.36. The highest BCUT2D eigenvalue weighted by Gasteiger charge is 2.44. The van der Waals surface area contributed by atoms with Gasteiger partial charge in [-0.2, -0.15) is 0 Å². The van der Waals surface area contributed by atoms with Gasteiger partial charge in [0, 0.05) is 17.7 Å². The molecule has 0 spiro atoms. The maximum atomic E-state index is 11.9. The molecule has 0 unspecified atom stereocenters. The van der Waals surface area contributed by atoms with Crippen LogP contribution < -0.4 is 5.06 Å². The molecule has 1 heterocycles. The summed E-state index contributed by atoms with van der Waals surface area (Å²) in [6.45, 7) is 8.18. The summed E-state index contributed by atoms with van der Waals surface area (Å²) in [5.41, 5.74) is -0.286. The molecule has 1 N–H and O–H groups in total. The molecule has 1 rings (SSSR count). The molecule has 3 heteroatoms. The van der Waals surface area contributed by atoms with Crippen LogP contribution >= 0.6 is 15.9 Å². The van der Waals surface area contributed by atoms with Crippen molar-refractivity contribution in [2.24, 2.45) is 0 Å². The average Bonchev–Trinajstić information content (AvgIpc) is 1.80.